The molecule has 0 unspecified atom stereocenters. The Hall–Kier alpha value is -1.71. The fraction of sp³-hybridized carbons (Fsp3) is 0.188. The Bertz CT molecular complexity index is 779. The van der Waals surface area contributed by atoms with Crippen LogP contribution < -0.4 is 0 Å². The van der Waals surface area contributed by atoms with Crippen LogP contribution in [-0.4, -0.2) is 15.0 Å². The minimum Gasteiger partial charge on any atom is -0.256 e. The average molecular weight is 318 g/mol. The van der Waals surface area contributed by atoms with E-state index in [1.807, 2.05) is 30.3 Å². The number of nitrogens with zero attached hydrogens (tertiary/aromatic N) is 3. The summed E-state index contributed by atoms with van der Waals surface area (Å²) in [5.41, 5.74) is 2.62. The summed E-state index contributed by atoms with van der Waals surface area (Å²) in [7, 11) is 0. The fourth-order valence-corrected chi connectivity index (χ4v) is 2.81. The summed E-state index contributed by atoms with van der Waals surface area (Å²) in [5.74, 6) is 0.538. The van der Waals surface area contributed by atoms with E-state index in [1.165, 1.54) is 0 Å². The molecule has 0 aliphatic rings. The minimum atomic E-state index is 0.429. The maximum atomic E-state index is 6.23. The van der Waals surface area contributed by atoms with Gasteiger partial charge in [0.15, 0.2) is 5.82 Å². The number of hydrogen-bond donors (Lipinski definition) is 0. The molecule has 3 rings (SSSR count). The Morgan fingerprint density at radius 2 is 1.81 bits per heavy atom. The molecule has 2 heterocycles. The summed E-state index contributed by atoms with van der Waals surface area (Å²) >= 11 is 12.5. The highest BCUT2D eigenvalue weighted by molar-refractivity contribution is 6.34. The van der Waals surface area contributed by atoms with Gasteiger partial charge >= 0.3 is 0 Å². The lowest BCUT2D eigenvalue weighted by atomic mass is 10.1. The first kappa shape index (κ1) is 14.2. The van der Waals surface area contributed by atoms with Gasteiger partial charge in [-0.05, 0) is 30.7 Å². The first-order valence-electron chi connectivity index (χ1n) is 6.76. The van der Waals surface area contributed by atoms with Gasteiger partial charge in [-0.25, -0.2) is 9.97 Å². The molecule has 0 bridgehead atoms. The van der Waals surface area contributed by atoms with Crippen molar-refractivity contribution in [3.05, 3.63) is 52.4 Å². The largest absolute Gasteiger partial charge is 0.256 e. The minimum absolute atomic E-state index is 0.429. The van der Waals surface area contributed by atoms with Crippen molar-refractivity contribution in [2.75, 3.05) is 0 Å². The third kappa shape index (κ3) is 2.85. The normalized spacial score (nSPS) is 11.0. The molecule has 0 saturated carbocycles. The van der Waals surface area contributed by atoms with Crippen LogP contribution in [-0.2, 0) is 6.42 Å². The lowest BCUT2D eigenvalue weighted by Gasteiger charge is -2.08. The molecule has 0 aliphatic carbocycles. The summed E-state index contributed by atoms with van der Waals surface area (Å²) in [5, 5.41) is 1.89. The zero-order valence-electron chi connectivity index (χ0n) is 11.5. The molecule has 21 heavy (non-hydrogen) atoms. The molecule has 0 amide bonds. The van der Waals surface area contributed by atoms with Crippen LogP contribution in [0.1, 0.15) is 18.9 Å². The van der Waals surface area contributed by atoms with E-state index in [-0.39, 0.29) is 0 Å². The van der Waals surface area contributed by atoms with E-state index >= 15 is 0 Å². The molecule has 1 aromatic carbocycles. The summed E-state index contributed by atoms with van der Waals surface area (Å²) in [6.45, 7) is 2.07. The molecular weight excluding hydrogens is 305 g/mol. The van der Waals surface area contributed by atoms with E-state index in [1.54, 1.807) is 6.20 Å². The number of rotatable bonds is 3. The van der Waals surface area contributed by atoms with E-state index in [4.69, 9.17) is 23.2 Å². The Morgan fingerprint density at radius 3 is 2.52 bits per heavy atom. The second-order valence-corrected chi connectivity index (χ2v) is 5.48. The van der Waals surface area contributed by atoms with Gasteiger partial charge in [0.2, 0.25) is 0 Å². The zero-order chi connectivity index (χ0) is 14.8. The standard InChI is InChI=1S/C16H13Cl2N3/c1-2-4-12-14(17)20-16(21-15(12)18)11-6-7-13-10(9-11)5-3-8-19-13/h3,5-9H,2,4H2,1H3. The lowest BCUT2D eigenvalue weighted by molar-refractivity contribution is 0.903. The molecule has 106 valence electrons. The molecule has 0 saturated heterocycles. The van der Waals surface area contributed by atoms with Gasteiger partial charge in [-0.2, -0.15) is 0 Å². The van der Waals surface area contributed by atoms with Crippen LogP contribution in [0.15, 0.2) is 36.5 Å². The van der Waals surface area contributed by atoms with Crippen molar-refractivity contribution in [2.45, 2.75) is 19.8 Å². The van der Waals surface area contributed by atoms with Crippen molar-refractivity contribution in [3.8, 4) is 11.4 Å². The van der Waals surface area contributed by atoms with Crippen molar-refractivity contribution in [3.63, 3.8) is 0 Å². The fourth-order valence-electron chi connectivity index (χ4n) is 2.23. The molecule has 3 aromatic rings. The van der Waals surface area contributed by atoms with Crippen molar-refractivity contribution in [2.24, 2.45) is 0 Å². The Balaban J connectivity index is 2.10. The molecular formula is C16H13Cl2N3. The van der Waals surface area contributed by atoms with E-state index in [2.05, 4.69) is 21.9 Å². The van der Waals surface area contributed by atoms with E-state index in [0.717, 1.165) is 34.9 Å². The summed E-state index contributed by atoms with van der Waals surface area (Å²) in [6, 6.07) is 9.76. The number of pyridine rings is 1. The van der Waals surface area contributed by atoms with Crippen molar-refractivity contribution >= 4 is 34.1 Å². The van der Waals surface area contributed by atoms with Gasteiger partial charge in [0.05, 0.1) is 5.52 Å². The number of benzene rings is 1. The monoisotopic (exact) mass is 317 g/mol. The highest BCUT2D eigenvalue weighted by Gasteiger charge is 2.12. The third-order valence-corrected chi connectivity index (χ3v) is 3.89. The number of aromatic nitrogens is 3. The van der Waals surface area contributed by atoms with E-state index in [9.17, 15) is 0 Å². The van der Waals surface area contributed by atoms with Gasteiger partial charge in [0.25, 0.3) is 0 Å². The van der Waals surface area contributed by atoms with Crippen LogP contribution in [0.25, 0.3) is 22.3 Å². The maximum Gasteiger partial charge on any atom is 0.162 e. The van der Waals surface area contributed by atoms with Crippen molar-refractivity contribution in [1.29, 1.82) is 0 Å². The van der Waals surface area contributed by atoms with Crippen LogP contribution in [0.5, 0.6) is 0 Å². The second-order valence-electron chi connectivity index (χ2n) is 4.77. The third-order valence-electron chi connectivity index (χ3n) is 3.27. The lowest BCUT2D eigenvalue weighted by Crippen LogP contribution is -1.97. The smallest absolute Gasteiger partial charge is 0.162 e. The second kappa shape index (κ2) is 5.96. The topological polar surface area (TPSA) is 38.7 Å². The summed E-state index contributed by atoms with van der Waals surface area (Å²) in [4.78, 5) is 13.1. The highest BCUT2D eigenvalue weighted by atomic mass is 35.5. The molecule has 0 aliphatic heterocycles. The van der Waals surface area contributed by atoms with Crippen molar-refractivity contribution < 1.29 is 0 Å². The van der Waals surface area contributed by atoms with Gasteiger partial charge in [0, 0.05) is 22.7 Å². The predicted molar refractivity (Wildman–Crippen MR) is 86.8 cm³/mol. The van der Waals surface area contributed by atoms with Gasteiger partial charge in [-0.1, -0.05) is 42.6 Å². The van der Waals surface area contributed by atoms with Crippen LogP contribution in [0, 0.1) is 0 Å². The van der Waals surface area contributed by atoms with Crippen LogP contribution >= 0.6 is 23.2 Å². The molecule has 3 nitrogen and oxygen atoms in total. The summed E-state index contributed by atoms with van der Waals surface area (Å²) < 4.78 is 0. The number of fused-ring (bicyclic) bond motifs is 1. The SMILES string of the molecule is CCCc1c(Cl)nc(-c2ccc3ncccc3c2)nc1Cl. The Kier molecular flexibility index (Phi) is 4.04. The molecule has 0 N–H and O–H groups in total. The summed E-state index contributed by atoms with van der Waals surface area (Å²) in [6.07, 6.45) is 3.50. The first-order chi connectivity index (χ1) is 10.2. The van der Waals surface area contributed by atoms with Crippen LogP contribution in [0.3, 0.4) is 0 Å². The van der Waals surface area contributed by atoms with Crippen LogP contribution in [0.2, 0.25) is 10.3 Å². The Morgan fingerprint density at radius 1 is 1.05 bits per heavy atom. The maximum absolute atomic E-state index is 6.23. The zero-order valence-corrected chi connectivity index (χ0v) is 13.0. The molecule has 0 fully saturated rings. The highest BCUT2D eigenvalue weighted by Crippen LogP contribution is 2.28. The molecule has 0 atom stereocenters. The molecule has 5 heteroatoms. The van der Waals surface area contributed by atoms with Gasteiger partial charge < -0.3 is 0 Å². The van der Waals surface area contributed by atoms with Crippen LogP contribution in [0.4, 0.5) is 0 Å². The molecule has 0 radical (unpaired) electrons. The van der Waals surface area contributed by atoms with Crippen molar-refractivity contribution in [1.82, 2.24) is 15.0 Å². The van der Waals surface area contributed by atoms with Gasteiger partial charge in [0.1, 0.15) is 10.3 Å². The molecule has 0 spiro atoms. The number of hydrogen-bond acceptors (Lipinski definition) is 3. The van der Waals surface area contributed by atoms with E-state index in [0.29, 0.717) is 16.1 Å². The first-order valence-corrected chi connectivity index (χ1v) is 7.51. The quantitative estimate of drug-likeness (QED) is 0.641. The molecule has 2 aromatic heterocycles. The predicted octanol–water partition coefficient (Wildman–Crippen LogP) is 4.95. The Labute approximate surface area is 133 Å². The van der Waals surface area contributed by atoms with Gasteiger partial charge in [-0.15, -0.1) is 0 Å². The number of halogens is 2. The van der Waals surface area contributed by atoms with E-state index < -0.39 is 0 Å². The van der Waals surface area contributed by atoms with Gasteiger partial charge in [-0.3, -0.25) is 4.98 Å². The average Bonchev–Trinajstić information content (AvgIpc) is 2.50.